The second kappa shape index (κ2) is 6.80. The van der Waals surface area contributed by atoms with Crippen LogP contribution in [0.2, 0.25) is 5.02 Å². The number of carbonyl (C=O) groups excluding carboxylic acids is 2. The summed E-state index contributed by atoms with van der Waals surface area (Å²) in [7, 11) is 0. The predicted molar refractivity (Wildman–Crippen MR) is 105 cm³/mol. The molecule has 4 rings (SSSR count). The van der Waals surface area contributed by atoms with Gasteiger partial charge < -0.3 is 9.73 Å². The van der Waals surface area contributed by atoms with Crippen LogP contribution >= 0.6 is 11.6 Å². The minimum Gasteiger partial charge on any atom is -0.439 e. The van der Waals surface area contributed by atoms with Gasteiger partial charge in [-0.15, -0.1) is 0 Å². The summed E-state index contributed by atoms with van der Waals surface area (Å²) in [4.78, 5) is 30.9. The Hall–Kier alpha value is -3.12. The van der Waals surface area contributed by atoms with E-state index in [0.29, 0.717) is 10.8 Å². The maximum absolute atomic E-state index is 13.1. The van der Waals surface area contributed by atoms with E-state index < -0.39 is 11.6 Å². The van der Waals surface area contributed by atoms with Gasteiger partial charge in [0.1, 0.15) is 12.1 Å². The molecule has 3 amide bonds. The monoisotopic (exact) mass is 395 g/mol. The lowest BCUT2D eigenvalue weighted by molar-refractivity contribution is -0.131. The van der Waals surface area contributed by atoms with Crippen LogP contribution < -0.4 is 5.32 Å². The Balaban J connectivity index is 1.59. The van der Waals surface area contributed by atoms with Gasteiger partial charge in [-0.25, -0.2) is 9.78 Å². The summed E-state index contributed by atoms with van der Waals surface area (Å²) in [5, 5.41) is 3.39. The Labute approximate surface area is 167 Å². The molecule has 0 bridgehead atoms. The first-order valence-electron chi connectivity index (χ1n) is 8.79. The first-order valence-corrected chi connectivity index (χ1v) is 9.17. The third kappa shape index (κ3) is 3.05. The minimum absolute atomic E-state index is 0.0489. The SMILES string of the molecule is Cc1ccccc1C1(C)NC(=O)N(Cc2ncc(-c3cccc(Cl)c3)o2)C1=O. The number of nitrogens with one attached hydrogen (secondary N) is 1. The molecule has 1 aliphatic heterocycles. The first-order chi connectivity index (χ1) is 13.4. The number of aromatic nitrogens is 1. The summed E-state index contributed by atoms with van der Waals surface area (Å²) >= 11 is 6.01. The van der Waals surface area contributed by atoms with Gasteiger partial charge >= 0.3 is 6.03 Å². The number of hydrogen-bond donors (Lipinski definition) is 1. The predicted octanol–water partition coefficient (Wildman–Crippen LogP) is 4.27. The zero-order valence-electron chi connectivity index (χ0n) is 15.4. The van der Waals surface area contributed by atoms with Crippen LogP contribution in [0.1, 0.15) is 23.9 Å². The third-order valence-corrected chi connectivity index (χ3v) is 5.15. The van der Waals surface area contributed by atoms with Crippen LogP contribution in [-0.4, -0.2) is 21.8 Å². The quantitative estimate of drug-likeness (QED) is 0.669. The van der Waals surface area contributed by atoms with Crippen LogP contribution in [0.4, 0.5) is 4.79 Å². The number of hydrogen-bond acceptors (Lipinski definition) is 4. The highest BCUT2D eigenvalue weighted by atomic mass is 35.5. The smallest absolute Gasteiger partial charge is 0.325 e. The Morgan fingerprint density at radius 3 is 2.71 bits per heavy atom. The molecule has 0 radical (unpaired) electrons. The second-order valence-corrected chi connectivity index (χ2v) is 7.33. The van der Waals surface area contributed by atoms with E-state index in [2.05, 4.69) is 10.3 Å². The lowest BCUT2D eigenvalue weighted by Gasteiger charge is -2.23. The van der Waals surface area contributed by atoms with E-state index in [9.17, 15) is 9.59 Å². The summed E-state index contributed by atoms with van der Waals surface area (Å²) in [5.41, 5.74) is 1.35. The fraction of sp³-hybridized carbons (Fsp3) is 0.190. The lowest BCUT2D eigenvalue weighted by atomic mass is 9.88. The van der Waals surface area contributed by atoms with Gasteiger partial charge in [-0.1, -0.05) is 48.0 Å². The van der Waals surface area contributed by atoms with Gasteiger partial charge in [0.2, 0.25) is 5.89 Å². The van der Waals surface area contributed by atoms with E-state index in [1.165, 1.54) is 0 Å². The molecule has 7 heteroatoms. The van der Waals surface area contributed by atoms with Gasteiger partial charge in [0.25, 0.3) is 5.91 Å². The fourth-order valence-corrected chi connectivity index (χ4v) is 3.64. The van der Waals surface area contributed by atoms with Crippen molar-refractivity contribution in [3.8, 4) is 11.3 Å². The Morgan fingerprint density at radius 1 is 1.18 bits per heavy atom. The molecule has 6 nitrogen and oxygen atoms in total. The number of imide groups is 1. The molecule has 1 aromatic heterocycles. The standard InChI is InChI=1S/C21H18ClN3O3/c1-13-6-3-4-9-16(13)21(2)19(26)25(20(27)24-21)12-18-23-11-17(28-18)14-7-5-8-15(22)10-14/h3-11H,12H2,1-2H3,(H,24,27). The zero-order chi connectivity index (χ0) is 19.9. The molecule has 1 unspecified atom stereocenters. The summed E-state index contributed by atoms with van der Waals surface area (Å²) in [6, 6.07) is 14.2. The summed E-state index contributed by atoms with van der Waals surface area (Å²) in [6.45, 7) is 3.57. The van der Waals surface area contributed by atoms with Crippen LogP contribution in [-0.2, 0) is 16.9 Å². The molecule has 2 heterocycles. The molecule has 2 aromatic carbocycles. The van der Waals surface area contributed by atoms with Gasteiger partial charge in [0, 0.05) is 10.6 Å². The fourth-order valence-electron chi connectivity index (χ4n) is 3.45. The average molecular weight is 396 g/mol. The molecule has 1 fully saturated rings. The van der Waals surface area contributed by atoms with Crippen molar-refractivity contribution < 1.29 is 14.0 Å². The van der Waals surface area contributed by atoms with E-state index in [1.807, 2.05) is 43.3 Å². The van der Waals surface area contributed by atoms with Crippen molar-refractivity contribution in [2.45, 2.75) is 25.9 Å². The highest BCUT2D eigenvalue weighted by Crippen LogP contribution is 2.32. The van der Waals surface area contributed by atoms with E-state index in [0.717, 1.165) is 21.6 Å². The number of halogens is 1. The van der Waals surface area contributed by atoms with Crippen molar-refractivity contribution in [2.75, 3.05) is 0 Å². The molecule has 0 saturated carbocycles. The molecular weight excluding hydrogens is 378 g/mol. The normalized spacial score (nSPS) is 19.2. The highest BCUT2D eigenvalue weighted by molar-refractivity contribution is 6.30. The van der Waals surface area contributed by atoms with E-state index in [-0.39, 0.29) is 18.3 Å². The third-order valence-electron chi connectivity index (χ3n) is 4.91. The van der Waals surface area contributed by atoms with Gasteiger partial charge in [-0.2, -0.15) is 0 Å². The molecular formula is C21H18ClN3O3. The van der Waals surface area contributed by atoms with Crippen LogP contribution in [0.3, 0.4) is 0 Å². The second-order valence-electron chi connectivity index (χ2n) is 6.89. The maximum Gasteiger partial charge on any atom is 0.325 e. The number of amides is 3. The molecule has 1 saturated heterocycles. The lowest BCUT2D eigenvalue weighted by Crippen LogP contribution is -2.41. The van der Waals surface area contributed by atoms with Crippen molar-refractivity contribution in [3.63, 3.8) is 0 Å². The number of urea groups is 1. The molecule has 1 N–H and O–H groups in total. The number of oxazole rings is 1. The summed E-state index contributed by atoms with van der Waals surface area (Å²) < 4.78 is 5.74. The molecule has 3 aromatic rings. The number of rotatable bonds is 4. The highest BCUT2D eigenvalue weighted by Gasteiger charge is 2.49. The van der Waals surface area contributed by atoms with Crippen molar-refractivity contribution in [1.29, 1.82) is 0 Å². The molecule has 0 spiro atoms. The van der Waals surface area contributed by atoms with Crippen molar-refractivity contribution >= 4 is 23.5 Å². The number of carbonyl (C=O) groups is 2. The Kier molecular flexibility index (Phi) is 4.43. The van der Waals surface area contributed by atoms with E-state index in [1.54, 1.807) is 25.3 Å². The molecule has 1 atom stereocenters. The van der Waals surface area contributed by atoms with E-state index >= 15 is 0 Å². The van der Waals surface area contributed by atoms with Crippen LogP contribution in [0.15, 0.2) is 59.1 Å². The van der Waals surface area contributed by atoms with Crippen LogP contribution in [0.25, 0.3) is 11.3 Å². The number of aryl methyl sites for hydroxylation is 1. The van der Waals surface area contributed by atoms with Crippen LogP contribution in [0, 0.1) is 6.92 Å². The Bertz CT molecular complexity index is 1080. The maximum atomic E-state index is 13.1. The molecule has 28 heavy (non-hydrogen) atoms. The molecule has 142 valence electrons. The molecule has 1 aliphatic rings. The first kappa shape index (κ1) is 18.3. The largest absolute Gasteiger partial charge is 0.439 e. The Morgan fingerprint density at radius 2 is 1.96 bits per heavy atom. The topological polar surface area (TPSA) is 75.4 Å². The number of benzene rings is 2. The summed E-state index contributed by atoms with van der Waals surface area (Å²) in [5.74, 6) is 0.452. The van der Waals surface area contributed by atoms with Gasteiger partial charge in [0.05, 0.1) is 6.20 Å². The van der Waals surface area contributed by atoms with Crippen molar-refractivity contribution in [2.24, 2.45) is 0 Å². The van der Waals surface area contributed by atoms with Crippen molar-refractivity contribution in [3.05, 3.63) is 76.8 Å². The summed E-state index contributed by atoms with van der Waals surface area (Å²) in [6.07, 6.45) is 1.56. The zero-order valence-corrected chi connectivity index (χ0v) is 16.2. The van der Waals surface area contributed by atoms with Crippen LogP contribution in [0.5, 0.6) is 0 Å². The van der Waals surface area contributed by atoms with Gasteiger partial charge in [-0.05, 0) is 37.1 Å². The minimum atomic E-state index is -1.12. The number of nitrogens with zero attached hydrogens (tertiary/aromatic N) is 2. The van der Waals surface area contributed by atoms with Gasteiger partial charge in [0.15, 0.2) is 5.76 Å². The molecule has 0 aliphatic carbocycles. The van der Waals surface area contributed by atoms with Gasteiger partial charge in [-0.3, -0.25) is 9.69 Å². The van der Waals surface area contributed by atoms with Crippen molar-refractivity contribution in [1.82, 2.24) is 15.2 Å². The average Bonchev–Trinajstić information content (AvgIpc) is 3.22. The van der Waals surface area contributed by atoms with E-state index in [4.69, 9.17) is 16.0 Å².